The fourth-order valence-electron chi connectivity index (χ4n) is 0.413. The van der Waals surface area contributed by atoms with Crippen molar-refractivity contribution in [1.29, 1.82) is 0 Å². The maximum atomic E-state index is 10.6. The first-order valence-electron chi connectivity index (χ1n) is 3.25. The molecule has 0 aromatic rings. The molecular weight excluding hydrogens is 184 g/mol. The van der Waals surface area contributed by atoms with Crippen LogP contribution in [-0.2, 0) is 14.3 Å². The third kappa shape index (κ3) is 7.08. The van der Waals surface area contributed by atoms with Crippen LogP contribution < -0.4 is 0 Å². The topological polar surface area (TPSA) is 52.6 Å². The molecule has 0 saturated carbocycles. The normalized spacial score (nSPS) is 8.75. The average Bonchev–Trinajstić information content (AvgIpc) is 2.01. The fourth-order valence-corrected chi connectivity index (χ4v) is 0.468. The van der Waals surface area contributed by atoms with E-state index >= 15 is 0 Å². The summed E-state index contributed by atoms with van der Waals surface area (Å²) in [5.41, 5.74) is -1.02. The van der Waals surface area contributed by atoms with E-state index in [4.69, 9.17) is 11.6 Å². The molecule has 12 heavy (non-hydrogen) atoms. The molecular formula is C7H9ClO4. The highest BCUT2D eigenvalue weighted by molar-refractivity contribution is 6.61. The van der Waals surface area contributed by atoms with Crippen LogP contribution in [0.3, 0.4) is 0 Å². The van der Waals surface area contributed by atoms with E-state index in [1.165, 1.54) is 0 Å². The van der Waals surface area contributed by atoms with Crippen molar-refractivity contribution in [3.05, 3.63) is 12.7 Å². The van der Waals surface area contributed by atoms with E-state index in [0.717, 1.165) is 0 Å². The maximum absolute atomic E-state index is 10.6. The van der Waals surface area contributed by atoms with E-state index in [1.54, 1.807) is 6.08 Å². The molecule has 0 N–H and O–H groups in total. The monoisotopic (exact) mass is 192 g/mol. The number of hydrogen-bond donors (Lipinski definition) is 0. The molecule has 0 amide bonds. The molecule has 0 aliphatic heterocycles. The second-order valence-electron chi connectivity index (χ2n) is 1.82. The van der Waals surface area contributed by atoms with Gasteiger partial charge in [-0.2, -0.15) is 0 Å². The van der Waals surface area contributed by atoms with Gasteiger partial charge >= 0.3 is 11.4 Å². The Labute approximate surface area is 75.1 Å². The third-order valence-corrected chi connectivity index (χ3v) is 0.998. The average molecular weight is 193 g/mol. The largest absolute Gasteiger partial charge is 0.463 e. The van der Waals surface area contributed by atoms with Crippen molar-refractivity contribution >= 4 is 23.0 Å². The number of carbonyl (C=O) groups is 2. The molecule has 0 unspecified atom stereocenters. The van der Waals surface area contributed by atoms with E-state index in [9.17, 15) is 9.59 Å². The molecule has 0 aliphatic carbocycles. The Kier molecular flexibility index (Phi) is 6.09. The minimum Gasteiger partial charge on any atom is -0.463 e. The predicted molar refractivity (Wildman–Crippen MR) is 43.0 cm³/mol. The van der Waals surface area contributed by atoms with E-state index < -0.39 is 18.0 Å². The Balaban J connectivity index is 3.33. The van der Waals surface area contributed by atoms with Gasteiger partial charge in [-0.05, 0) is 6.42 Å². The van der Waals surface area contributed by atoms with Gasteiger partial charge in [-0.3, -0.25) is 0 Å². The van der Waals surface area contributed by atoms with E-state index in [2.05, 4.69) is 16.1 Å². The van der Waals surface area contributed by atoms with E-state index in [1.807, 2.05) is 0 Å². The molecule has 4 nitrogen and oxygen atoms in total. The number of ether oxygens (including phenoxy) is 2. The minimum atomic E-state index is -1.02. The molecule has 0 radical (unpaired) electrons. The number of halogens is 1. The molecule has 0 aromatic heterocycles. The lowest BCUT2D eigenvalue weighted by Crippen LogP contribution is -2.13. The zero-order valence-electron chi connectivity index (χ0n) is 6.42. The van der Waals surface area contributed by atoms with Gasteiger partial charge in [0.05, 0.1) is 6.61 Å². The van der Waals surface area contributed by atoms with Crippen LogP contribution in [-0.4, -0.2) is 24.6 Å². The van der Waals surface area contributed by atoms with Gasteiger partial charge in [0, 0.05) is 11.6 Å². The standard InChI is InChI=1S/C7H9ClO4/c1-2-3-4-11-6(9)5-12-7(8)10/h2H,1,3-5H2. The Morgan fingerprint density at radius 2 is 2.08 bits per heavy atom. The summed E-state index contributed by atoms with van der Waals surface area (Å²) in [5, 5.41) is 0. The van der Waals surface area contributed by atoms with E-state index in [0.29, 0.717) is 6.42 Å². The first kappa shape index (κ1) is 11.0. The third-order valence-electron chi connectivity index (χ3n) is 0.889. The quantitative estimate of drug-likeness (QED) is 0.287. The summed E-state index contributed by atoms with van der Waals surface area (Å²) in [7, 11) is 0. The van der Waals surface area contributed by atoms with Crippen LogP contribution in [0.5, 0.6) is 0 Å². The van der Waals surface area contributed by atoms with Gasteiger partial charge in [0.15, 0.2) is 6.61 Å². The molecule has 68 valence electrons. The first-order valence-corrected chi connectivity index (χ1v) is 3.63. The lowest BCUT2D eigenvalue weighted by Gasteiger charge is -2.01. The highest BCUT2D eigenvalue weighted by Gasteiger charge is 2.04. The number of hydrogen-bond acceptors (Lipinski definition) is 4. The summed E-state index contributed by atoms with van der Waals surface area (Å²) in [4.78, 5) is 20.6. The minimum absolute atomic E-state index is 0.238. The van der Waals surface area contributed by atoms with Gasteiger partial charge in [0.2, 0.25) is 0 Å². The second kappa shape index (κ2) is 6.67. The van der Waals surface area contributed by atoms with Gasteiger partial charge in [0.25, 0.3) is 0 Å². The second-order valence-corrected chi connectivity index (χ2v) is 2.13. The van der Waals surface area contributed by atoms with Gasteiger partial charge in [0.1, 0.15) is 0 Å². The molecule has 5 heteroatoms. The van der Waals surface area contributed by atoms with Crippen LogP contribution in [0.4, 0.5) is 4.79 Å². The maximum Gasteiger partial charge on any atom is 0.404 e. The number of esters is 1. The van der Waals surface area contributed by atoms with Crippen molar-refractivity contribution in [3.8, 4) is 0 Å². The summed E-state index contributed by atoms with van der Waals surface area (Å²) < 4.78 is 8.75. The number of carbonyl (C=O) groups excluding carboxylic acids is 2. The fraction of sp³-hybridized carbons (Fsp3) is 0.429. The summed E-state index contributed by atoms with van der Waals surface area (Å²) in [6.07, 6.45) is 2.18. The van der Waals surface area contributed by atoms with E-state index in [-0.39, 0.29) is 6.61 Å². The van der Waals surface area contributed by atoms with Crippen molar-refractivity contribution in [2.75, 3.05) is 13.2 Å². The van der Waals surface area contributed by atoms with Crippen molar-refractivity contribution in [2.24, 2.45) is 0 Å². The summed E-state index contributed by atoms with van der Waals surface area (Å²) in [6.45, 7) is 3.23. The Morgan fingerprint density at radius 3 is 2.58 bits per heavy atom. The van der Waals surface area contributed by atoms with Crippen LogP contribution in [0, 0.1) is 0 Å². The van der Waals surface area contributed by atoms with Crippen molar-refractivity contribution in [3.63, 3.8) is 0 Å². The van der Waals surface area contributed by atoms with Gasteiger partial charge in [-0.15, -0.1) is 6.58 Å². The van der Waals surface area contributed by atoms with Crippen molar-refractivity contribution < 1.29 is 19.1 Å². The van der Waals surface area contributed by atoms with Crippen LogP contribution in [0.2, 0.25) is 0 Å². The molecule has 0 saturated heterocycles. The van der Waals surface area contributed by atoms with Crippen LogP contribution in [0.1, 0.15) is 6.42 Å². The van der Waals surface area contributed by atoms with Crippen LogP contribution in [0.25, 0.3) is 0 Å². The molecule has 0 fully saturated rings. The lowest BCUT2D eigenvalue weighted by molar-refractivity contribution is -0.146. The molecule has 0 atom stereocenters. The Hall–Kier alpha value is -1.03. The summed E-state index contributed by atoms with van der Waals surface area (Å²) in [5.74, 6) is -0.620. The highest BCUT2D eigenvalue weighted by atomic mass is 35.5. The molecule has 0 aromatic carbocycles. The smallest absolute Gasteiger partial charge is 0.404 e. The van der Waals surface area contributed by atoms with Crippen LogP contribution >= 0.6 is 11.6 Å². The molecule has 0 rings (SSSR count). The molecule has 0 heterocycles. The SMILES string of the molecule is C=CCCOC(=O)COC(=O)Cl. The number of rotatable bonds is 5. The van der Waals surface area contributed by atoms with Crippen molar-refractivity contribution in [1.82, 2.24) is 0 Å². The van der Waals surface area contributed by atoms with Crippen LogP contribution in [0.15, 0.2) is 12.7 Å². The van der Waals surface area contributed by atoms with Crippen molar-refractivity contribution in [2.45, 2.75) is 6.42 Å². The lowest BCUT2D eigenvalue weighted by atomic mass is 10.5. The zero-order chi connectivity index (χ0) is 9.40. The molecule has 0 bridgehead atoms. The zero-order valence-corrected chi connectivity index (χ0v) is 7.17. The summed E-state index contributed by atoms with van der Waals surface area (Å²) >= 11 is 4.80. The first-order chi connectivity index (χ1) is 5.66. The summed E-state index contributed by atoms with van der Waals surface area (Å²) in [6, 6.07) is 0. The van der Waals surface area contributed by atoms with Gasteiger partial charge < -0.3 is 9.47 Å². The van der Waals surface area contributed by atoms with Gasteiger partial charge in [-0.25, -0.2) is 9.59 Å². The Bertz CT molecular complexity index is 178. The predicted octanol–water partition coefficient (Wildman–Crippen LogP) is 1.48. The molecule has 0 aliphatic rings. The molecule has 0 spiro atoms. The van der Waals surface area contributed by atoms with Gasteiger partial charge in [-0.1, -0.05) is 6.08 Å². The highest BCUT2D eigenvalue weighted by Crippen LogP contribution is 1.89. The Morgan fingerprint density at radius 1 is 1.42 bits per heavy atom.